The van der Waals surface area contributed by atoms with Crippen molar-refractivity contribution in [2.24, 2.45) is 0 Å². The van der Waals surface area contributed by atoms with Gasteiger partial charge in [-0.2, -0.15) is 4.31 Å². The quantitative estimate of drug-likeness (QED) is 0.510. The summed E-state index contributed by atoms with van der Waals surface area (Å²) in [4.78, 5) is 23.5. The van der Waals surface area contributed by atoms with Crippen molar-refractivity contribution in [1.29, 1.82) is 0 Å². The second kappa shape index (κ2) is 8.26. The van der Waals surface area contributed by atoms with Gasteiger partial charge in [0, 0.05) is 25.6 Å². The molecule has 2 aromatic heterocycles. The van der Waals surface area contributed by atoms with Crippen molar-refractivity contribution < 1.29 is 26.8 Å². The Bertz CT molecular complexity index is 1160. The summed E-state index contributed by atoms with van der Waals surface area (Å²) in [6.07, 6.45) is 2.77. The number of hydrogen-bond acceptors (Lipinski definition) is 7. The fraction of sp³-hybridized carbons (Fsp3) is 0.368. The highest BCUT2D eigenvalue weighted by Crippen LogP contribution is 2.23. The Kier molecular flexibility index (Phi) is 5.94. The zero-order chi connectivity index (χ0) is 21.2. The monoisotopic (exact) mass is 422 g/mol. The van der Waals surface area contributed by atoms with Crippen LogP contribution >= 0.6 is 0 Å². The minimum absolute atomic E-state index is 0.00341. The topological polar surface area (TPSA) is 112 Å². The molecule has 0 radical (unpaired) electrons. The SMILES string of the molecule is COC(=O)Cn1c(=O)oc2cc(S(=O)(=O)N(C)[C@H](C)CCc3ccco3)ccc21. The Labute approximate surface area is 167 Å². The lowest BCUT2D eigenvalue weighted by Crippen LogP contribution is -2.35. The number of esters is 1. The molecule has 156 valence electrons. The Morgan fingerprint density at radius 2 is 2.07 bits per heavy atom. The molecule has 29 heavy (non-hydrogen) atoms. The molecule has 1 atom stereocenters. The summed E-state index contributed by atoms with van der Waals surface area (Å²) in [6, 6.07) is 7.46. The number of furan rings is 1. The number of aromatic nitrogens is 1. The molecule has 0 aliphatic heterocycles. The highest BCUT2D eigenvalue weighted by molar-refractivity contribution is 7.89. The molecule has 0 amide bonds. The van der Waals surface area contributed by atoms with Gasteiger partial charge in [-0.3, -0.25) is 9.36 Å². The molecular formula is C19H22N2O7S. The van der Waals surface area contributed by atoms with E-state index in [1.807, 2.05) is 13.0 Å². The van der Waals surface area contributed by atoms with Crippen LogP contribution in [0.4, 0.5) is 0 Å². The van der Waals surface area contributed by atoms with Gasteiger partial charge in [0.15, 0.2) is 5.58 Å². The predicted octanol–water partition coefficient (Wildman–Crippen LogP) is 2.00. The van der Waals surface area contributed by atoms with E-state index in [-0.39, 0.29) is 23.1 Å². The number of rotatable bonds is 8. The Balaban J connectivity index is 1.84. The molecule has 3 aromatic rings. The molecule has 1 aromatic carbocycles. The summed E-state index contributed by atoms with van der Waals surface area (Å²) < 4.78 is 43.3. The molecule has 9 nitrogen and oxygen atoms in total. The molecule has 0 aliphatic rings. The van der Waals surface area contributed by atoms with Crippen LogP contribution in [0, 0.1) is 0 Å². The van der Waals surface area contributed by atoms with Crippen LogP contribution < -0.4 is 5.76 Å². The van der Waals surface area contributed by atoms with E-state index in [1.165, 1.54) is 36.7 Å². The first kappa shape index (κ1) is 20.9. The highest BCUT2D eigenvalue weighted by Gasteiger charge is 2.26. The van der Waals surface area contributed by atoms with Crippen molar-refractivity contribution in [3.8, 4) is 0 Å². The minimum atomic E-state index is -3.81. The second-order valence-corrected chi connectivity index (χ2v) is 8.65. The number of oxazole rings is 1. The van der Waals surface area contributed by atoms with E-state index in [2.05, 4.69) is 4.74 Å². The maximum Gasteiger partial charge on any atom is 0.420 e. The number of hydrogen-bond donors (Lipinski definition) is 0. The van der Waals surface area contributed by atoms with Crippen LogP contribution in [-0.4, -0.2) is 43.5 Å². The lowest BCUT2D eigenvalue weighted by atomic mass is 10.1. The number of benzene rings is 1. The average molecular weight is 422 g/mol. The minimum Gasteiger partial charge on any atom is -0.469 e. The third-order valence-electron chi connectivity index (χ3n) is 4.84. The van der Waals surface area contributed by atoms with Crippen LogP contribution in [0.5, 0.6) is 0 Å². The lowest BCUT2D eigenvalue weighted by Gasteiger charge is -2.24. The third-order valence-corrected chi connectivity index (χ3v) is 6.81. The summed E-state index contributed by atoms with van der Waals surface area (Å²) in [6.45, 7) is 1.49. The van der Waals surface area contributed by atoms with E-state index < -0.39 is 21.7 Å². The number of aryl methyl sites for hydroxylation is 1. The second-order valence-electron chi connectivity index (χ2n) is 6.65. The molecule has 0 spiro atoms. The number of sulfonamides is 1. The first-order valence-electron chi connectivity index (χ1n) is 8.94. The molecule has 0 aliphatic carbocycles. The molecule has 0 N–H and O–H groups in total. The lowest BCUT2D eigenvalue weighted by molar-refractivity contribution is -0.141. The first-order valence-corrected chi connectivity index (χ1v) is 10.4. The fourth-order valence-corrected chi connectivity index (χ4v) is 4.35. The van der Waals surface area contributed by atoms with Gasteiger partial charge in [0.05, 0.1) is 23.8 Å². The summed E-state index contributed by atoms with van der Waals surface area (Å²) in [7, 11) is -1.10. The average Bonchev–Trinajstić information content (AvgIpc) is 3.32. The Morgan fingerprint density at radius 1 is 1.31 bits per heavy atom. The largest absolute Gasteiger partial charge is 0.469 e. The van der Waals surface area contributed by atoms with E-state index in [0.29, 0.717) is 18.4 Å². The van der Waals surface area contributed by atoms with E-state index in [4.69, 9.17) is 8.83 Å². The van der Waals surface area contributed by atoms with Crippen molar-refractivity contribution in [1.82, 2.24) is 8.87 Å². The summed E-state index contributed by atoms with van der Waals surface area (Å²) in [5.41, 5.74) is 0.393. The molecular weight excluding hydrogens is 400 g/mol. The van der Waals surface area contributed by atoms with Crippen LogP contribution in [-0.2, 0) is 32.5 Å². The third kappa shape index (κ3) is 4.28. The van der Waals surface area contributed by atoms with Gasteiger partial charge in [0.2, 0.25) is 10.0 Å². The van der Waals surface area contributed by atoms with Crippen LogP contribution in [0.1, 0.15) is 19.1 Å². The van der Waals surface area contributed by atoms with Crippen LogP contribution in [0.2, 0.25) is 0 Å². The van der Waals surface area contributed by atoms with Crippen molar-refractivity contribution in [3.63, 3.8) is 0 Å². The molecule has 0 saturated carbocycles. The molecule has 10 heteroatoms. The van der Waals surface area contributed by atoms with Crippen molar-refractivity contribution in [2.75, 3.05) is 14.2 Å². The molecule has 3 rings (SSSR count). The Hall–Kier alpha value is -2.85. The summed E-state index contributed by atoms with van der Waals surface area (Å²) in [5, 5.41) is 0. The van der Waals surface area contributed by atoms with E-state index in [0.717, 1.165) is 10.3 Å². The zero-order valence-electron chi connectivity index (χ0n) is 16.3. The van der Waals surface area contributed by atoms with Gasteiger partial charge >= 0.3 is 11.7 Å². The van der Waals surface area contributed by atoms with Crippen molar-refractivity contribution in [3.05, 3.63) is 52.9 Å². The normalized spacial score (nSPS) is 13.1. The van der Waals surface area contributed by atoms with Gasteiger partial charge in [0.1, 0.15) is 12.3 Å². The van der Waals surface area contributed by atoms with Crippen LogP contribution in [0.25, 0.3) is 11.1 Å². The highest BCUT2D eigenvalue weighted by atomic mass is 32.2. The molecule has 0 saturated heterocycles. The number of carbonyl (C=O) groups excluding carboxylic acids is 1. The number of fused-ring (bicyclic) bond motifs is 1. The number of nitrogens with zero attached hydrogens (tertiary/aromatic N) is 2. The number of ether oxygens (including phenoxy) is 1. The molecule has 2 heterocycles. The summed E-state index contributed by atoms with van der Waals surface area (Å²) in [5.74, 6) is -0.588. The van der Waals surface area contributed by atoms with Gasteiger partial charge in [-0.05, 0) is 37.6 Å². The maximum atomic E-state index is 13.0. The maximum absolute atomic E-state index is 13.0. The predicted molar refractivity (Wildman–Crippen MR) is 104 cm³/mol. The number of methoxy groups -OCH3 is 1. The van der Waals surface area contributed by atoms with Crippen molar-refractivity contribution >= 4 is 27.1 Å². The standard InChI is InChI=1S/C19H22N2O7S/c1-13(6-7-14-5-4-10-27-14)20(2)29(24,25)15-8-9-16-17(11-15)28-19(23)21(16)12-18(22)26-3/h4-5,8-11,13H,6-7,12H2,1-3H3/t13-/m1/s1. The molecule has 0 bridgehead atoms. The zero-order valence-corrected chi connectivity index (χ0v) is 17.1. The summed E-state index contributed by atoms with van der Waals surface area (Å²) >= 11 is 0. The van der Waals surface area contributed by atoms with Gasteiger partial charge in [-0.1, -0.05) is 0 Å². The van der Waals surface area contributed by atoms with E-state index >= 15 is 0 Å². The molecule has 0 unspecified atom stereocenters. The van der Waals surface area contributed by atoms with Crippen LogP contribution in [0.15, 0.2) is 55.1 Å². The van der Waals surface area contributed by atoms with Gasteiger partial charge in [-0.15, -0.1) is 0 Å². The molecule has 0 fully saturated rings. The first-order chi connectivity index (χ1) is 13.7. The van der Waals surface area contributed by atoms with Gasteiger partial charge in [0.25, 0.3) is 0 Å². The smallest absolute Gasteiger partial charge is 0.420 e. The van der Waals surface area contributed by atoms with Crippen LogP contribution in [0.3, 0.4) is 0 Å². The van der Waals surface area contributed by atoms with E-state index in [9.17, 15) is 18.0 Å². The van der Waals surface area contributed by atoms with Gasteiger partial charge < -0.3 is 13.6 Å². The Morgan fingerprint density at radius 3 is 2.72 bits per heavy atom. The fourth-order valence-electron chi connectivity index (χ4n) is 2.94. The van der Waals surface area contributed by atoms with Gasteiger partial charge in [-0.25, -0.2) is 13.2 Å². The van der Waals surface area contributed by atoms with E-state index in [1.54, 1.807) is 12.3 Å². The number of carbonyl (C=O) groups is 1. The van der Waals surface area contributed by atoms with Crippen molar-refractivity contribution in [2.45, 2.75) is 37.2 Å².